The number of hydrogen-bond acceptors (Lipinski definition) is 4. The maximum absolute atomic E-state index is 11.5. The summed E-state index contributed by atoms with van der Waals surface area (Å²) in [7, 11) is 0. The van der Waals surface area contributed by atoms with Gasteiger partial charge in [-0.15, -0.1) is 0 Å². The van der Waals surface area contributed by atoms with Crippen LogP contribution in [0.4, 0.5) is 4.79 Å². The van der Waals surface area contributed by atoms with Gasteiger partial charge in [0, 0.05) is 17.1 Å². The van der Waals surface area contributed by atoms with Crippen LogP contribution in [0.1, 0.15) is 0 Å². The quantitative estimate of drug-likeness (QED) is 0.637. The van der Waals surface area contributed by atoms with Crippen molar-refractivity contribution in [1.29, 1.82) is 0 Å². The van der Waals surface area contributed by atoms with E-state index in [2.05, 4.69) is 4.98 Å². The van der Waals surface area contributed by atoms with Crippen LogP contribution in [0.2, 0.25) is 0 Å². The molecule has 1 aliphatic rings. The fourth-order valence-corrected chi connectivity index (χ4v) is 1.68. The third kappa shape index (κ3) is 1.97. The Hall–Kier alpha value is -2.01. The van der Waals surface area contributed by atoms with Crippen molar-refractivity contribution < 1.29 is 19.0 Å². The van der Waals surface area contributed by atoms with Crippen LogP contribution in [0.15, 0.2) is 30.5 Å². The highest BCUT2D eigenvalue weighted by atomic mass is 16.7. The molecule has 1 aromatic carbocycles. The summed E-state index contributed by atoms with van der Waals surface area (Å²) in [6, 6.07) is 7.31. The van der Waals surface area contributed by atoms with E-state index in [0.717, 1.165) is 10.9 Å². The van der Waals surface area contributed by atoms with Gasteiger partial charge in [0.2, 0.25) is 0 Å². The van der Waals surface area contributed by atoms with E-state index in [9.17, 15) is 4.79 Å². The van der Waals surface area contributed by atoms with Crippen LogP contribution in [0.25, 0.3) is 10.9 Å². The second kappa shape index (κ2) is 4.10. The molecule has 1 aromatic heterocycles. The Morgan fingerprint density at radius 3 is 3.00 bits per heavy atom. The number of H-pyrrole nitrogens is 1. The number of ether oxygens (including phenoxy) is 3. The molecule has 0 amide bonds. The van der Waals surface area contributed by atoms with E-state index < -0.39 is 6.16 Å². The minimum atomic E-state index is -0.688. The highest BCUT2D eigenvalue weighted by Crippen LogP contribution is 2.25. The van der Waals surface area contributed by atoms with E-state index in [-0.39, 0.29) is 6.10 Å². The highest BCUT2D eigenvalue weighted by molar-refractivity contribution is 5.87. The van der Waals surface area contributed by atoms with Gasteiger partial charge in [-0.3, -0.25) is 0 Å². The largest absolute Gasteiger partial charge is 0.514 e. The summed E-state index contributed by atoms with van der Waals surface area (Å²) in [5, 5.41) is 0.856. The number of nitrogens with one attached hydrogen (secondary N) is 1. The fourth-order valence-electron chi connectivity index (χ4n) is 1.68. The van der Waals surface area contributed by atoms with Crippen molar-refractivity contribution in [1.82, 2.24) is 4.98 Å². The smallest absolute Gasteiger partial charge is 0.426 e. The number of carbonyl (C=O) groups excluding carboxylic acids is 1. The van der Waals surface area contributed by atoms with Crippen LogP contribution in [0.5, 0.6) is 5.75 Å². The average Bonchev–Trinajstić information content (AvgIpc) is 2.73. The van der Waals surface area contributed by atoms with Gasteiger partial charge in [0.05, 0.1) is 13.2 Å². The Labute approximate surface area is 97.3 Å². The fraction of sp³-hybridized carbons (Fsp3) is 0.250. The van der Waals surface area contributed by atoms with Gasteiger partial charge in [-0.25, -0.2) is 4.79 Å². The molecule has 3 rings (SSSR count). The van der Waals surface area contributed by atoms with Gasteiger partial charge in [-0.1, -0.05) is 6.07 Å². The minimum absolute atomic E-state index is 0.173. The molecule has 0 bridgehead atoms. The minimum Gasteiger partial charge on any atom is -0.426 e. The summed E-state index contributed by atoms with van der Waals surface area (Å²) in [4.78, 5) is 14.5. The van der Waals surface area contributed by atoms with Crippen molar-refractivity contribution in [2.45, 2.75) is 6.10 Å². The first-order valence-corrected chi connectivity index (χ1v) is 5.35. The van der Waals surface area contributed by atoms with Crippen molar-refractivity contribution in [2.24, 2.45) is 0 Å². The van der Waals surface area contributed by atoms with Gasteiger partial charge in [-0.05, 0) is 18.2 Å². The lowest BCUT2D eigenvalue weighted by Gasteiger charge is -2.24. The van der Waals surface area contributed by atoms with E-state index >= 15 is 0 Å². The molecule has 1 fully saturated rings. The van der Waals surface area contributed by atoms with Gasteiger partial charge in [0.1, 0.15) is 5.75 Å². The molecule has 2 heterocycles. The zero-order valence-corrected chi connectivity index (χ0v) is 9.01. The van der Waals surface area contributed by atoms with Gasteiger partial charge in [0.15, 0.2) is 6.10 Å². The first-order valence-electron chi connectivity index (χ1n) is 5.35. The Morgan fingerprint density at radius 2 is 2.24 bits per heavy atom. The van der Waals surface area contributed by atoms with E-state index in [1.54, 1.807) is 12.3 Å². The van der Waals surface area contributed by atoms with Crippen LogP contribution in [-0.2, 0) is 9.47 Å². The molecular weight excluding hydrogens is 222 g/mol. The molecule has 0 spiro atoms. The second-order valence-electron chi connectivity index (χ2n) is 3.82. The maximum Gasteiger partial charge on any atom is 0.514 e. The molecule has 5 nitrogen and oxygen atoms in total. The monoisotopic (exact) mass is 233 g/mol. The van der Waals surface area contributed by atoms with Crippen molar-refractivity contribution >= 4 is 17.1 Å². The number of hydrogen-bond donors (Lipinski definition) is 1. The number of aromatic amines is 1. The number of fused-ring (bicyclic) bond motifs is 1. The number of rotatable bonds is 2. The van der Waals surface area contributed by atoms with E-state index in [1.807, 2.05) is 18.2 Å². The SMILES string of the molecule is O=C(Oc1cccc2[nH]ccc12)OC1COC1. The third-order valence-corrected chi connectivity index (χ3v) is 2.62. The maximum atomic E-state index is 11.5. The summed E-state index contributed by atoms with van der Waals surface area (Å²) in [5.74, 6) is 0.494. The first kappa shape index (κ1) is 10.2. The Bertz CT molecular complexity index is 544. The molecule has 5 heteroatoms. The molecule has 0 radical (unpaired) electrons. The molecule has 88 valence electrons. The van der Waals surface area contributed by atoms with Crippen molar-refractivity contribution in [3.63, 3.8) is 0 Å². The zero-order valence-electron chi connectivity index (χ0n) is 9.01. The zero-order chi connectivity index (χ0) is 11.7. The van der Waals surface area contributed by atoms with Crippen molar-refractivity contribution in [3.8, 4) is 5.75 Å². The van der Waals surface area contributed by atoms with Gasteiger partial charge >= 0.3 is 6.16 Å². The lowest BCUT2D eigenvalue weighted by Crippen LogP contribution is -2.38. The van der Waals surface area contributed by atoms with E-state index in [1.165, 1.54) is 0 Å². The molecule has 0 saturated carbocycles. The predicted octanol–water partition coefficient (Wildman–Crippen LogP) is 2.08. The third-order valence-electron chi connectivity index (χ3n) is 2.62. The van der Waals surface area contributed by atoms with Gasteiger partial charge < -0.3 is 19.2 Å². The lowest BCUT2D eigenvalue weighted by atomic mass is 10.2. The highest BCUT2D eigenvalue weighted by Gasteiger charge is 2.24. The van der Waals surface area contributed by atoms with Crippen LogP contribution >= 0.6 is 0 Å². The first-order chi connectivity index (χ1) is 8.33. The summed E-state index contributed by atoms with van der Waals surface area (Å²) >= 11 is 0. The number of aromatic nitrogens is 1. The molecule has 1 aliphatic heterocycles. The van der Waals surface area contributed by atoms with Crippen molar-refractivity contribution in [2.75, 3.05) is 13.2 Å². The summed E-state index contributed by atoms with van der Waals surface area (Å²) in [6.07, 6.45) is 0.933. The van der Waals surface area contributed by atoms with Crippen LogP contribution in [-0.4, -0.2) is 30.5 Å². The molecule has 2 aromatic rings. The summed E-state index contributed by atoms with van der Waals surface area (Å²) < 4.78 is 15.1. The molecule has 0 unspecified atom stereocenters. The molecule has 0 aliphatic carbocycles. The topological polar surface area (TPSA) is 60.6 Å². The van der Waals surface area contributed by atoms with Gasteiger partial charge in [-0.2, -0.15) is 0 Å². The Balaban J connectivity index is 1.75. The normalized spacial score (nSPS) is 15.5. The van der Waals surface area contributed by atoms with Crippen LogP contribution in [0.3, 0.4) is 0 Å². The molecule has 17 heavy (non-hydrogen) atoms. The van der Waals surface area contributed by atoms with E-state index in [4.69, 9.17) is 14.2 Å². The van der Waals surface area contributed by atoms with E-state index in [0.29, 0.717) is 19.0 Å². The van der Waals surface area contributed by atoms with Crippen LogP contribution < -0.4 is 4.74 Å². The Morgan fingerprint density at radius 1 is 1.35 bits per heavy atom. The average molecular weight is 233 g/mol. The molecular formula is C12H11NO4. The van der Waals surface area contributed by atoms with Gasteiger partial charge in [0.25, 0.3) is 0 Å². The van der Waals surface area contributed by atoms with Crippen LogP contribution in [0, 0.1) is 0 Å². The van der Waals surface area contributed by atoms with Crippen molar-refractivity contribution in [3.05, 3.63) is 30.5 Å². The standard InChI is InChI=1S/C12H11NO4/c14-12(16-8-6-15-7-8)17-11-3-1-2-10-9(11)4-5-13-10/h1-5,8,13H,6-7H2. The summed E-state index contributed by atoms with van der Waals surface area (Å²) in [6.45, 7) is 0.896. The predicted molar refractivity (Wildman–Crippen MR) is 60.0 cm³/mol. The second-order valence-corrected chi connectivity index (χ2v) is 3.82. The number of carbonyl (C=O) groups is 1. The molecule has 0 atom stereocenters. The number of benzene rings is 1. The summed E-state index contributed by atoms with van der Waals surface area (Å²) in [5.41, 5.74) is 0.919. The Kier molecular flexibility index (Phi) is 2.45. The molecule has 1 N–H and O–H groups in total. The lowest BCUT2D eigenvalue weighted by molar-refractivity contribution is -0.106. The molecule has 1 saturated heterocycles.